The van der Waals surface area contributed by atoms with Gasteiger partial charge in [-0.1, -0.05) is 18.2 Å². The lowest BCUT2D eigenvalue weighted by atomic mass is 10.1. The molecule has 1 amide bonds. The third-order valence-electron chi connectivity index (χ3n) is 4.45. The zero-order valence-electron chi connectivity index (χ0n) is 14.0. The quantitative estimate of drug-likeness (QED) is 0.859. The Bertz CT molecular complexity index is 744. The SMILES string of the molecule is COC1CC(CC(=O)O)N(C(=O)Cc2cnn(-c3ccccc3)c2)C1. The third-order valence-corrected chi connectivity index (χ3v) is 4.45. The van der Waals surface area contributed by atoms with Crippen LogP contribution in [0.4, 0.5) is 0 Å². The van der Waals surface area contributed by atoms with Crippen molar-refractivity contribution in [3.63, 3.8) is 0 Å². The number of nitrogens with zero attached hydrogens (tertiary/aromatic N) is 3. The molecule has 2 heterocycles. The standard InChI is InChI=1S/C18H21N3O4/c1-25-16-8-15(9-18(23)24)20(12-16)17(22)7-13-10-19-21(11-13)14-5-3-2-4-6-14/h2-6,10-11,15-16H,7-9,12H2,1H3,(H,23,24). The summed E-state index contributed by atoms with van der Waals surface area (Å²) in [5.74, 6) is -1.00. The zero-order chi connectivity index (χ0) is 17.8. The van der Waals surface area contributed by atoms with E-state index in [4.69, 9.17) is 9.84 Å². The van der Waals surface area contributed by atoms with E-state index in [1.165, 1.54) is 0 Å². The number of hydrogen-bond acceptors (Lipinski definition) is 4. The predicted octanol–water partition coefficient (Wildman–Crippen LogP) is 1.51. The van der Waals surface area contributed by atoms with Crippen molar-refractivity contribution in [3.05, 3.63) is 48.3 Å². The number of methoxy groups -OCH3 is 1. The fraction of sp³-hybridized carbons (Fsp3) is 0.389. The molecule has 7 nitrogen and oxygen atoms in total. The second-order valence-electron chi connectivity index (χ2n) is 6.20. The van der Waals surface area contributed by atoms with E-state index in [-0.39, 0.29) is 30.9 Å². The lowest BCUT2D eigenvalue weighted by Crippen LogP contribution is -2.38. The summed E-state index contributed by atoms with van der Waals surface area (Å²) in [7, 11) is 1.58. The molecule has 1 aromatic heterocycles. The lowest BCUT2D eigenvalue weighted by Gasteiger charge is -2.23. The number of para-hydroxylation sites is 1. The van der Waals surface area contributed by atoms with Crippen LogP contribution in [0.3, 0.4) is 0 Å². The summed E-state index contributed by atoms with van der Waals surface area (Å²) >= 11 is 0. The van der Waals surface area contributed by atoms with Crippen LogP contribution >= 0.6 is 0 Å². The van der Waals surface area contributed by atoms with Crippen molar-refractivity contribution in [2.75, 3.05) is 13.7 Å². The summed E-state index contributed by atoms with van der Waals surface area (Å²) in [6, 6.07) is 9.33. The van der Waals surface area contributed by atoms with Crippen LogP contribution < -0.4 is 0 Å². The molecule has 0 bridgehead atoms. The Balaban J connectivity index is 1.69. The molecule has 132 valence electrons. The van der Waals surface area contributed by atoms with Gasteiger partial charge in [0.25, 0.3) is 0 Å². The average Bonchev–Trinajstić information content (AvgIpc) is 3.22. The molecule has 1 N–H and O–H groups in total. The summed E-state index contributed by atoms with van der Waals surface area (Å²) < 4.78 is 7.03. The molecule has 2 aromatic rings. The molecule has 7 heteroatoms. The van der Waals surface area contributed by atoms with E-state index in [1.807, 2.05) is 36.5 Å². The number of hydrogen-bond donors (Lipinski definition) is 1. The summed E-state index contributed by atoms with van der Waals surface area (Å²) in [5.41, 5.74) is 1.72. The molecule has 1 aliphatic heterocycles. The number of rotatable bonds is 6. The van der Waals surface area contributed by atoms with Gasteiger partial charge in [-0.15, -0.1) is 0 Å². The molecule has 1 fully saturated rings. The fourth-order valence-corrected chi connectivity index (χ4v) is 3.19. The van der Waals surface area contributed by atoms with E-state index in [9.17, 15) is 9.59 Å². The van der Waals surface area contributed by atoms with Gasteiger partial charge in [-0.05, 0) is 24.1 Å². The number of carboxylic acid groups (broad SMARTS) is 1. The number of aliphatic carboxylic acids is 1. The van der Waals surface area contributed by atoms with Gasteiger partial charge >= 0.3 is 5.97 Å². The van der Waals surface area contributed by atoms with Gasteiger partial charge in [0.2, 0.25) is 5.91 Å². The highest BCUT2D eigenvalue weighted by atomic mass is 16.5. The van der Waals surface area contributed by atoms with Crippen molar-refractivity contribution in [3.8, 4) is 5.69 Å². The Kier molecular flexibility index (Phi) is 5.14. The van der Waals surface area contributed by atoms with E-state index < -0.39 is 5.97 Å². The normalized spacial score (nSPS) is 20.0. The van der Waals surface area contributed by atoms with E-state index in [2.05, 4.69) is 5.10 Å². The van der Waals surface area contributed by atoms with Crippen LogP contribution in [0.15, 0.2) is 42.7 Å². The first-order chi connectivity index (χ1) is 12.1. The van der Waals surface area contributed by atoms with E-state index >= 15 is 0 Å². The number of ether oxygens (including phenoxy) is 1. The summed E-state index contributed by atoms with van der Waals surface area (Å²) in [6.07, 6.45) is 4.07. The Morgan fingerprint density at radius 2 is 2.08 bits per heavy atom. The number of carbonyl (C=O) groups excluding carboxylic acids is 1. The number of carbonyl (C=O) groups is 2. The van der Waals surface area contributed by atoms with E-state index in [1.54, 1.807) is 22.9 Å². The van der Waals surface area contributed by atoms with Gasteiger partial charge in [0, 0.05) is 25.9 Å². The molecule has 0 aliphatic carbocycles. The molecular formula is C18H21N3O4. The van der Waals surface area contributed by atoms with E-state index in [0.29, 0.717) is 13.0 Å². The van der Waals surface area contributed by atoms with Crippen LogP contribution in [0.2, 0.25) is 0 Å². The molecule has 0 saturated carbocycles. The average molecular weight is 343 g/mol. The monoisotopic (exact) mass is 343 g/mol. The van der Waals surface area contributed by atoms with Crippen LogP contribution in [0, 0.1) is 0 Å². The first-order valence-electron chi connectivity index (χ1n) is 8.20. The second kappa shape index (κ2) is 7.48. The minimum Gasteiger partial charge on any atom is -0.481 e. The molecular weight excluding hydrogens is 322 g/mol. The fourth-order valence-electron chi connectivity index (χ4n) is 3.19. The molecule has 0 spiro atoms. The molecule has 0 radical (unpaired) electrons. The highest BCUT2D eigenvalue weighted by molar-refractivity contribution is 5.80. The van der Waals surface area contributed by atoms with Crippen molar-refractivity contribution >= 4 is 11.9 Å². The third kappa shape index (κ3) is 4.06. The number of carboxylic acids is 1. The first kappa shape index (κ1) is 17.2. The topological polar surface area (TPSA) is 84.7 Å². The molecule has 1 saturated heterocycles. The van der Waals surface area contributed by atoms with Gasteiger partial charge in [0.1, 0.15) is 0 Å². The van der Waals surface area contributed by atoms with Gasteiger partial charge < -0.3 is 14.7 Å². The molecule has 1 aromatic carbocycles. The van der Waals surface area contributed by atoms with Crippen molar-refractivity contribution in [1.82, 2.24) is 14.7 Å². The molecule has 2 unspecified atom stereocenters. The number of amides is 1. The Morgan fingerprint density at radius 3 is 2.76 bits per heavy atom. The highest BCUT2D eigenvalue weighted by Crippen LogP contribution is 2.23. The van der Waals surface area contributed by atoms with Crippen molar-refractivity contribution in [2.24, 2.45) is 0 Å². The smallest absolute Gasteiger partial charge is 0.305 e. The van der Waals surface area contributed by atoms with Crippen LogP contribution in [-0.4, -0.2) is 57.5 Å². The summed E-state index contributed by atoms with van der Waals surface area (Å²) in [4.78, 5) is 25.3. The maximum Gasteiger partial charge on any atom is 0.305 e. The van der Waals surface area contributed by atoms with Crippen LogP contribution in [0.5, 0.6) is 0 Å². The van der Waals surface area contributed by atoms with Gasteiger partial charge in [-0.2, -0.15) is 5.10 Å². The molecule has 3 rings (SSSR count). The second-order valence-corrected chi connectivity index (χ2v) is 6.20. The minimum absolute atomic E-state index is 0.0606. The Morgan fingerprint density at radius 1 is 1.32 bits per heavy atom. The summed E-state index contributed by atoms with van der Waals surface area (Å²) in [6.45, 7) is 0.431. The molecule has 2 atom stereocenters. The number of aromatic nitrogens is 2. The van der Waals surface area contributed by atoms with Crippen molar-refractivity contribution in [1.29, 1.82) is 0 Å². The van der Waals surface area contributed by atoms with Crippen LogP contribution in [0.1, 0.15) is 18.4 Å². The van der Waals surface area contributed by atoms with Crippen molar-refractivity contribution in [2.45, 2.75) is 31.4 Å². The van der Waals surface area contributed by atoms with Crippen LogP contribution in [-0.2, 0) is 20.7 Å². The Labute approximate surface area is 145 Å². The zero-order valence-corrected chi connectivity index (χ0v) is 14.0. The Hall–Kier alpha value is -2.67. The maximum atomic E-state index is 12.7. The van der Waals surface area contributed by atoms with Gasteiger partial charge in [0.05, 0.1) is 30.8 Å². The minimum atomic E-state index is -0.906. The molecule has 1 aliphatic rings. The van der Waals surface area contributed by atoms with Gasteiger partial charge in [0.15, 0.2) is 0 Å². The lowest BCUT2D eigenvalue weighted by molar-refractivity contribution is -0.139. The largest absolute Gasteiger partial charge is 0.481 e. The maximum absolute atomic E-state index is 12.7. The van der Waals surface area contributed by atoms with Gasteiger partial charge in [-0.25, -0.2) is 4.68 Å². The number of likely N-dealkylation sites (tertiary alicyclic amines) is 1. The van der Waals surface area contributed by atoms with Crippen molar-refractivity contribution < 1.29 is 19.4 Å². The number of benzene rings is 1. The molecule has 25 heavy (non-hydrogen) atoms. The van der Waals surface area contributed by atoms with E-state index in [0.717, 1.165) is 11.3 Å². The first-order valence-corrected chi connectivity index (χ1v) is 8.20. The van der Waals surface area contributed by atoms with Gasteiger partial charge in [-0.3, -0.25) is 9.59 Å². The van der Waals surface area contributed by atoms with Crippen LogP contribution in [0.25, 0.3) is 5.69 Å². The summed E-state index contributed by atoms with van der Waals surface area (Å²) in [5, 5.41) is 13.4. The highest BCUT2D eigenvalue weighted by Gasteiger charge is 2.36. The predicted molar refractivity (Wildman–Crippen MR) is 90.4 cm³/mol.